The Morgan fingerprint density at radius 3 is 2.39 bits per heavy atom. The molecule has 3 N–H and O–H groups in total. The van der Waals surface area contributed by atoms with Crippen molar-refractivity contribution in [3.63, 3.8) is 0 Å². The van der Waals surface area contributed by atoms with Crippen LogP contribution in [0.2, 0.25) is 0 Å². The average molecular weight is 419 g/mol. The first kappa shape index (κ1) is 20.8. The predicted molar refractivity (Wildman–Crippen MR) is 121 cm³/mol. The molecule has 0 bridgehead atoms. The van der Waals surface area contributed by atoms with Crippen LogP contribution in [0.3, 0.4) is 0 Å². The number of aliphatic hydroxyl groups excluding tert-OH is 1. The Morgan fingerprint density at radius 1 is 1.03 bits per heavy atom. The molecular formula is C23H25N5O3. The average Bonchev–Trinajstić information content (AvgIpc) is 2.81. The largest absolute Gasteiger partial charge is 0.384 e. The van der Waals surface area contributed by atoms with Crippen LogP contribution in [0.1, 0.15) is 6.92 Å². The second-order valence-electron chi connectivity index (χ2n) is 7.28. The number of hydrogen-bond acceptors (Lipinski definition) is 7. The van der Waals surface area contributed by atoms with Crippen molar-refractivity contribution in [3.05, 3.63) is 60.8 Å². The first-order valence-electron chi connectivity index (χ1n) is 10.2. The van der Waals surface area contributed by atoms with E-state index in [0.717, 1.165) is 43.2 Å². The molecule has 1 aromatic heterocycles. The highest BCUT2D eigenvalue weighted by molar-refractivity contribution is 5.93. The van der Waals surface area contributed by atoms with Crippen molar-refractivity contribution in [1.82, 2.24) is 9.97 Å². The molecular weight excluding hydrogens is 394 g/mol. The standard InChI is InChI=1S/C23H25N5O3/c1-16(29)22(30)25-18-4-2-17(3-5-18)21-10-11-24-23(27-21)26-19-6-8-20(9-7-19)28-12-14-31-15-13-28/h2-11,16,29H,12-15H2,1H3,(H,25,30)(H,24,26,27)/t16-/m0/s1. The molecule has 3 aromatic rings. The monoisotopic (exact) mass is 419 g/mol. The number of aliphatic hydroxyl groups is 1. The number of aromatic nitrogens is 2. The van der Waals surface area contributed by atoms with E-state index in [0.29, 0.717) is 11.6 Å². The zero-order valence-electron chi connectivity index (χ0n) is 17.3. The molecule has 1 atom stereocenters. The van der Waals surface area contributed by atoms with Crippen LogP contribution in [0.5, 0.6) is 0 Å². The van der Waals surface area contributed by atoms with E-state index < -0.39 is 12.0 Å². The fourth-order valence-corrected chi connectivity index (χ4v) is 3.26. The van der Waals surface area contributed by atoms with Gasteiger partial charge in [0, 0.05) is 41.9 Å². The minimum atomic E-state index is -1.06. The molecule has 0 aliphatic carbocycles. The summed E-state index contributed by atoms with van der Waals surface area (Å²) >= 11 is 0. The van der Waals surface area contributed by atoms with Crippen molar-refractivity contribution in [2.24, 2.45) is 0 Å². The van der Waals surface area contributed by atoms with Crippen LogP contribution in [0.4, 0.5) is 23.0 Å². The summed E-state index contributed by atoms with van der Waals surface area (Å²) in [4.78, 5) is 22.8. The summed E-state index contributed by atoms with van der Waals surface area (Å²) in [6.07, 6.45) is 0.647. The maximum atomic E-state index is 11.6. The maximum absolute atomic E-state index is 11.6. The van der Waals surface area contributed by atoms with Crippen LogP contribution < -0.4 is 15.5 Å². The zero-order chi connectivity index (χ0) is 21.6. The molecule has 0 spiro atoms. The number of nitrogens with one attached hydrogen (secondary N) is 2. The number of amides is 1. The highest BCUT2D eigenvalue weighted by Crippen LogP contribution is 2.23. The Labute approximate surface area is 180 Å². The van der Waals surface area contributed by atoms with Crippen molar-refractivity contribution in [2.45, 2.75) is 13.0 Å². The van der Waals surface area contributed by atoms with E-state index in [9.17, 15) is 9.90 Å². The van der Waals surface area contributed by atoms with Crippen LogP contribution in [0, 0.1) is 0 Å². The SMILES string of the molecule is C[C@H](O)C(=O)Nc1ccc(-c2ccnc(Nc3ccc(N4CCOCC4)cc3)n2)cc1. The summed E-state index contributed by atoms with van der Waals surface area (Å²) in [6.45, 7) is 4.75. The number of anilines is 4. The van der Waals surface area contributed by atoms with Crippen molar-refractivity contribution in [3.8, 4) is 11.3 Å². The molecule has 0 unspecified atom stereocenters. The number of nitrogens with zero attached hydrogens (tertiary/aromatic N) is 3. The molecule has 0 saturated carbocycles. The van der Waals surface area contributed by atoms with Crippen molar-refractivity contribution in [2.75, 3.05) is 41.8 Å². The van der Waals surface area contributed by atoms with E-state index in [2.05, 4.69) is 37.6 Å². The Balaban J connectivity index is 1.43. The minimum absolute atomic E-state index is 0.444. The number of carbonyl (C=O) groups excluding carboxylic acids is 1. The lowest BCUT2D eigenvalue weighted by Gasteiger charge is -2.28. The van der Waals surface area contributed by atoms with E-state index in [1.165, 1.54) is 12.6 Å². The van der Waals surface area contributed by atoms with Gasteiger partial charge < -0.3 is 25.4 Å². The smallest absolute Gasteiger partial charge is 0.252 e. The van der Waals surface area contributed by atoms with Crippen molar-refractivity contribution >= 4 is 28.9 Å². The molecule has 4 rings (SSSR count). The first-order valence-corrected chi connectivity index (χ1v) is 10.2. The van der Waals surface area contributed by atoms with Gasteiger partial charge >= 0.3 is 0 Å². The first-order chi connectivity index (χ1) is 15.1. The molecule has 1 aliphatic heterocycles. The van der Waals surface area contributed by atoms with E-state index in [1.54, 1.807) is 18.3 Å². The van der Waals surface area contributed by atoms with Crippen LogP contribution in [-0.4, -0.2) is 53.4 Å². The van der Waals surface area contributed by atoms with Gasteiger partial charge in [0.2, 0.25) is 5.95 Å². The Bertz CT molecular complexity index is 1020. The topological polar surface area (TPSA) is 99.6 Å². The van der Waals surface area contributed by atoms with Crippen LogP contribution in [-0.2, 0) is 9.53 Å². The van der Waals surface area contributed by atoms with Crippen LogP contribution in [0.25, 0.3) is 11.3 Å². The molecule has 2 heterocycles. The minimum Gasteiger partial charge on any atom is -0.384 e. The number of carbonyl (C=O) groups is 1. The zero-order valence-corrected chi connectivity index (χ0v) is 17.3. The summed E-state index contributed by atoms with van der Waals surface area (Å²) in [6, 6.07) is 17.3. The van der Waals surface area contributed by atoms with Gasteiger partial charge in [-0.05, 0) is 49.4 Å². The summed E-state index contributed by atoms with van der Waals surface area (Å²) in [5.41, 5.74) is 4.35. The molecule has 31 heavy (non-hydrogen) atoms. The lowest BCUT2D eigenvalue weighted by atomic mass is 10.1. The van der Waals surface area contributed by atoms with Gasteiger partial charge in [-0.2, -0.15) is 0 Å². The van der Waals surface area contributed by atoms with Gasteiger partial charge in [-0.25, -0.2) is 9.97 Å². The predicted octanol–water partition coefficient (Wildman–Crippen LogP) is 3.04. The fraction of sp³-hybridized carbons (Fsp3) is 0.261. The quantitative estimate of drug-likeness (QED) is 0.565. The summed E-state index contributed by atoms with van der Waals surface area (Å²) in [5, 5.41) is 15.2. The number of rotatable bonds is 6. The van der Waals surface area contributed by atoms with E-state index in [4.69, 9.17) is 4.74 Å². The van der Waals surface area contributed by atoms with E-state index in [1.807, 2.05) is 30.3 Å². The van der Waals surface area contributed by atoms with Gasteiger partial charge in [0.25, 0.3) is 5.91 Å². The van der Waals surface area contributed by atoms with Crippen molar-refractivity contribution in [1.29, 1.82) is 0 Å². The van der Waals surface area contributed by atoms with Crippen molar-refractivity contribution < 1.29 is 14.6 Å². The molecule has 1 fully saturated rings. The van der Waals surface area contributed by atoms with Crippen LogP contribution >= 0.6 is 0 Å². The molecule has 8 heteroatoms. The maximum Gasteiger partial charge on any atom is 0.252 e. The molecule has 1 saturated heterocycles. The summed E-state index contributed by atoms with van der Waals surface area (Å²) in [5.74, 6) is 0.0593. The Hall–Kier alpha value is -3.49. The molecule has 8 nitrogen and oxygen atoms in total. The van der Waals surface area contributed by atoms with E-state index in [-0.39, 0.29) is 0 Å². The Kier molecular flexibility index (Phi) is 6.40. The summed E-state index contributed by atoms with van der Waals surface area (Å²) < 4.78 is 5.41. The van der Waals surface area contributed by atoms with Gasteiger partial charge in [-0.3, -0.25) is 4.79 Å². The third-order valence-electron chi connectivity index (χ3n) is 4.98. The number of benzene rings is 2. The van der Waals surface area contributed by atoms with Gasteiger partial charge in [-0.15, -0.1) is 0 Å². The van der Waals surface area contributed by atoms with Crippen LogP contribution in [0.15, 0.2) is 60.8 Å². The lowest BCUT2D eigenvalue weighted by molar-refractivity contribution is -0.123. The number of morpholine rings is 1. The lowest BCUT2D eigenvalue weighted by Crippen LogP contribution is -2.36. The number of hydrogen-bond donors (Lipinski definition) is 3. The second kappa shape index (κ2) is 9.55. The number of ether oxygens (including phenoxy) is 1. The molecule has 1 aliphatic rings. The Morgan fingerprint density at radius 2 is 1.71 bits per heavy atom. The van der Waals surface area contributed by atoms with Gasteiger partial charge in [-0.1, -0.05) is 12.1 Å². The molecule has 0 radical (unpaired) electrons. The van der Waals surface area contributed by atoms with Gasteiger partial charge in [0.05, 0.1) is 18.9 Å². The second-order valence-corrected chi connectivity index (χ2v) is 7.28. The highest BCUT2D eigenvalue weighted by atomic mass is 16.5. The van der Waals surface area contributed by atoms with Gasteiger partial charge in [0.15, 0.2) is 0 Å². The molecule has 1 amide bonds. The molecule has 2 aromatic carbocycles. The van der Waals surface area contributed by atoms with Gasteiger partial charge in [0.1, 0.15) is 6.10 Å². The fourth-order valence-electron chi connectivity index (χ4n) is 3.26. The van der Waals surface area contributed by atoms with E-state index >= 15 is 0 Å². The highest BCUT2D eigenvalue weighted by Gasteiger charge is 2.11. The normalized spacial score (nSPS) is 14.7. The summed E-state index contributed by atoms with van der Waals surface area (Å²) in [7, 11) is 0. The third kappa shape index (κ3) is 5.36. The molecule has 160 valence electrons. The third-order valence-corrected chi connectivity index (χ3v) is 4.98.